The Morgan fingerprint density at radius 1 is 1.75 bits per heavy atom. The zero-order valence-corrected chi connectivity index (χ0v) is 2.91. The summed E-state index contributed by atoms with van der Waals surface area (Å²) in [5, 5.41) is 0. The predicted octanol–water partition coefficient (Wildman–Crippen LogP) is 0.406. The van der Waals surface area contributed by atoms with Gasteiger partial charge < -0.3 is 5.48 Å². The van der Waals surface area contributed by atoms with Gasteiger partial charge in [0, 0.05) is 0 Å². The molecule has 0 aromatic rings. The lowest BCUT2D eigenvalue weighted by Gasteiger charge is -1.47. The normalized spacial score (nSPS) is 4.50. The fraction of sp³-hybridized carbons (Fsp3) is 0.667. The molecular formula is C3H9O. The Balaban J connectivity index is 0. The van der Waals surface area contributed by atoms with E-state index >= 15 is 0 Å². The largest absolute Gasteiger partial charge is 0.412 e. The molecule has 0 bridgehead atoms. The molecule has 2 N–H and O–H groups in total. The molecule has 0 saturated heterocycles. The molecule has 1 radical (unpaired) electrons. The van der Waals surface area contributed by atoms with E-state index in [0.29, 0.717) is 0 Å². The van der Waals surface area contributed by atoms with Crippen LogP contribution in [0.5, 0.6) is 0 Å². The van der Waals surface area contributed by atoms with Gasteiger partial charge in [-0.05, 0) is 0 Å². The van der Waals surface area contributed by atoms with Crippen molar-refractivity contribution in [3.63, 3.8) is 0 Å². The minimum Gasteiger partial charge on any atom is -0.412 e. The molecule has 0 aliphatic carbocycles. The first-order chi connectivity index (χ1) is 1.41. The zero-order chi connectivity index (χ0) is 2.71. The highest BCUT2D eigenvalue weighted by molar-refractivity contribution is 4.18. The molecule has 0 saturated carbocycles. The van der Waals surface area contributed by atoms with E-state index in [0.717, 1.165) is 6.42 Å². The van der Waals surface area contributed by atoms with E-state index in [2.05, 4.69) is 6.92 Å². The van der Waals surface area contributed by atoms with E-state index in [1.54, 1.807) is 0 Å². The predicted molar refractivity (Wildman–Crippen MR) is 19.3 cm³/mol. The van der Waals surface area contributed by atoms with E-state index in [-0.39, 0.29) is 5.48 Å². The summed E-state index contributed by atoms with van der Waals surface area (Å²) in [5.41, 5.74) is 0. The Labute approximate surface area is 26.9 Å². The second-order valence-corrected chi connectivity index (χ2v) is 0.500. The van der Waals surface area contributed by atoms with Gasteiger partial charge in [0.1, 0.15) is 0 Å². The number of hydrogen-bond acceptors (Lipinski definition) is 0. The monoisotopic (exact) mass is 61.1 g/mol. The lowest BCUT2D eigenvalue weighted by atomic mass is 10.6. The SMILES string of the molecule is O.[CH2]CC. The maximum Gasteiger partial charge on any atom is -0.0536 e. The summed E-state index contributed by atoms with van der Waals surface area (Å²) in [7, 11) is 0. The van der Waals surface area contributed by atoms with Gasteiger partial charge in [0.05, 0.1) is 0 Å². The van der Waals surface area contributed by atoms with Crippen molar-refractivity contribution < 1.29 is 5.48 Å². The minimum absolute atomic E-state index is 0. The third-order valence-electron chi connectivity index (χ3n) is 0. The van der Waals surface area contributed by atoms with Crippen LogP contribution in [-0.4, -0.2) is 5.48 Å². The zero-order valence-electron chi connectivity index (χ0n) is 2.91. The molecule has 1 heteroatoms. The topological polar surface area (TPSA) is 31.5 Å². The van der Waals surface area contributed by atoms with Crippen molar-refractivity contribution in [3.8, 4) is 0 Å². The lowest BCUT2D eigenvalue weighted by Crippen LogP contribution is -1.29. The van der Waals surface area contributed by atoms with Crippen LogP contribution in [0.15, 0.2) is 0 Å². The van der Waals surface area contributed by atoms with Crippen LogP contribution in [0.25, 0.3) is 0 Å². The molecule has 0 heterocycles. The van der Waals surface area contributed by atoms with Gasteiger partial charge >= 0.3 is 0 Å². The van der Waals surface area contributed by atoms with Crippen molar-refractivity contribution in [1.82, 2.24) is 0 Å². The molecule has 0 amide bonds. The van der Waals surface area contributed by atoms with Gasteiger partial charge in [-0.25, -0.2) is 0 Å². The summed E-state index contributed by atoms with van der Waals surface area (Å²) < 4.78 is 0. The van der Waals surface area contributed by atoms with E-state index in [1.165, 1.54) is 0 Å². The summed E-state index contributed by atoms with van der Waals surface area (Å²) in [4.78, 5) is 0. The second-order valence-electron chi connectivity index (χ2n) is 0.500. The fourth-order valence-electron chi connectivity index (χ4n) is 0. The molecule has 4 heavy (non-hydrogen) atoms. The van der Waals surface area contributed by atoms with Crippen LogP contribution in [0.3, 0.4) is 0 Å². The maximum atomic E-state index is 3.49. The van der Waals surface area contributed by atoms with Crippen LogP contribution in [0.1, 0.15) is 13.3 Å². The van der Waals surface area contributed by atoms with Crippen LogP contribution < -0.4 is 0 Å². The van der Waals surface area contributed by atoms with E-state index in [1.807, 2.05) is 6.92 Å². The van der Waals surface area contributed by atoms with Gasteiger partial charge in [0.2, 0.25) is 0 Å². The van der Waals surface area contributed by atoms with Crippen LogP contribution in [0.4, 0.5) is 0 Å². The lowest BCUT2D eigenvalue weighted by molar-refractivity contribution is 0.824. The van der Waals surface area contributed by atoms with Gasteiger partial charge in [0.25, 0.3) is 0 Å². The van der Waals surface area contributed by atoms with Crippen molar-refractivity contribution in [2.45, 2.75) is 13.3 Å². The highest BCUT2D eigenvalue weighted by Crippen LogP contribution is 1.54. The van der Waals surface area contributed by atoms with Crippen molar-refractivity contribution in [2.75, 3.05) is 0 Å². The summed E-state index contributed by atoms with van der Waals surface area (Å²) >= 11 is 0. The molecule has 0 aromatic heterocycles. The van der Waals surface area contributed by atoms with Crippen molar-refractivity contribution in [2.24, 2.45) is 0 Å². The van der Waals surface area contributed by atoms with E-state index in [4.69, 9.17) is 0 Å². The molecular weight excluding hydrogens is 52.0 g/mol. The first-order valence-electron chi connectivity index (χ1n) is 1.21. The molecule has 0 aromatic carbocycles. The van der Waals surface area contributed by atoms with E-state index < -0.39 is 0 Å². The molecule has 0 unspecified atom stereocenters. The summed E-state index contributed by atoms with van der Waals surface area (Å²) in [6.45, 7) is 5.50. The summed E-state index contributed by atoms with van der Waals surface area (Å²) in [5.74, 6) is 0. The number of hydrogen-bond donors (Lipinski definition) is 0. The summed E-state index contributed by atoms with van der Waals surface area (Å²) in [6, 6.07) is 0. The highest BCUT2D eigenvalue weighted by Gasteiger charge is 1.36. The molecule has 0 rings (SSSR count). The van der Waals surface area contributed by atoms with Crippen LogP contribution in [0.2, 0.25) is 0 Å². The van der Waals surface area contributed by atoms with Gasteiger partial charge in [0.15, 0.2) is 0 Å². The first-order valence-corrected chi connectivity index (χ1v) is 1.21. The third kappa shape index (κ3) is 1130. The average Bonchev–Trinajstić information content (AvgIpc) is 0.918. The standard InChI is InChI=1S/C3H7.H2O/c1-3-2;/h1,3H2,2H3;1H2. The van der Waals surface area contributed by atoms with Crippen molar-refractivity contribution in [1.29, 1.82) is 0 Å². The molecule has 0 aliphatic heterocycles. The smallest absolute Gasteiger partial charge is 0.0536 e. The van der Waals surface area contributed by atoms with Crippen LogP contribution >= 0.6 is 0 Å². The Morgan fingerprint density at radius 2 is 1.75 bits per heavy atom. The van der Waals surface area contributed by atoms with Crippen molar-refractivity contribution in [3.05, 3.63) is 6.92 Å². The molecule has 0 aliphatic rings. The third-order valence-corrected chi connectivity index (χ3v) is 0. The van der Waals surface area contributed by atoms with Gasteiger partial charge in [-0.3, -0.25) is 0 Å². The number of rotatable bonds is 0. The first kappa shape index (κ1) is 9.03. The second kappa shape index (κ2) is 12.3. The average molecular weight is 61.1 g/mol. The molecule has 0 fully saturated rings. The molecule has 0 atom stereocenters. The van der Waals surface area contributed by atoms with Gasteiger partial charge in [-0.15, -0.1) is 0 Å². The quantitative estimate of drug-likeness (QED) is 0.388. The molecule has 27 valence electrons. The van der Waals surface area contributed by atoms with Crippen LogP contribution in [-0.2, 0) is 0 Å². The van der Waals surface area contributed by atoms with Crippen LogP contribution in [0, 0.1) is 6.92 Å². The summed E-state index contributed by atoms with van der Waals surface area (Å²) in [6.07, 6.45) is 1.00. The minimum atomic E-state index is 0. The Hall–Kier alpha value is -0.0400. The van der Waals surface area contributed by atoms with Gasteiger partial charge in [-0.2, -0.15) is 0 Å². The molecule has 1 nitrogen and oxygen atoms in total. The Kier molecular flexibility index (Phi) is 27.9. The highest BCUT2D eigenvalue weighted by atomic mass is 16.0. The Bertz CT molecular complexity index is 3.25. The maximum absolute atomic E-state index is 3.49. The van der Waals surface area contributed by atoms with E-state index in [9.17, 15) is 0 Å². The van der Waals surface area contributed by atoms with Crippen molar-refractivity contribution >= 4 is 0 Å². The molecule has 0 spiro atoms. The Morgan fingerprint density at radius 3 is 1.75 bits per heavy atom. The van der Waals surface area contributed by atoms with Gasteiger partial charge in [-0.1, -0.05) is 20.3 Å². The fourth-order valence-corrected chi connectivity index (χ4v) is 0.